The van der Waals surface area contributed by atoms with Gasteiger partial charge in [-0.2, -0.15) is 4.31 Å². The van der Waals surface area contributed by atoms with Crippen LogP contribution in [0.3, 0.4) is 0 Å². The first-order valence-corrected chi connectivity index (χ1v) is 11.2. The second kappa shape index (κ2) is 9.35. The summed E-state index contributed by atoms with van der Waals surface area (Å²) in [5, 5.41) is 4.20. The molecular weight excluding hydrogens is 386 g/mol. The summed E-state index contributed by atoms with van der Waals surface area (Å²) in [5.74, 6) is -0.0859. The monoisotopic (exact) mass is 413 g/mol. The van der Waals surface area contributed by atoms with E-state index in [-0.39, 0.29) is 12.5 Å². The summed E-state index contributed by atoms with van der Waals surface area (Å²) >= 11 is 0. The highest BCUT2D eigenvalue weighted by molar-refractivity contribution is 7.92. The van der Waals surface area contributed by atoms with E-state index in [0.717, 1.165) is 22.4 Å². The second-order valence-electron chi connectivity index (χ2n) is 7.30. The van der Waals surface area contributed by atoms with Crippen molar-refractivity contribution in [2.24, 2.45) is 0 Å². The van der Waals surface area contributed by atoms with Gasteiger partial charge in [0.25, 0.3) is 0 Å². The quantitative estimate of drug-likeness (QED) is 0.791. The predicted molar refractivity (Wildman–Crippen MR) is 117 cm³/mol. The van der Waals surface area contributed by atoms with Gasteiger partial charge >= 0.3 is 0 Å². The maximum atomic E-state index is 12.5. The van der Waals surface area contributed by atoms with Crippen LogP contribution in [-0.4, -0.2) is 56.3 Å². The molecule has 0 spiro atoms. The molecule has 2 aromatic rings. The molecule has 1 amide bonds. The third-order valence-electron chi connectivity index (χ3n) is 4.95. The summed E-state index contributed by atoms with van der Waals surface area (Å²) in [6.07, 6.45) is 1.61. The van der Waals surface area contributed by atoms with Gasteiger partial charge in [0.05, 0.1) is 6.54 Å². The Balaban J connectivity index is 1.50. The smallest absolute Gasteiger partial charge is 0.238 e. The summed E-state index contributed by atoms with van der Waals surface area (Å²) in [6.45, 7) is 6.03. The molecule has 1 saturated heterocycles. The minimum absolute atomic E-state index is 0.0859. The molecule has 1 heterocycles. The number of piperazine rings is 1. The third kappa shape index (κ3) is 6.00. The van der Waals surface area contributed by atoms with Crippen LogP contribution in [0.5, 0.6) is 0 Å². The highest BCUT2D eigenvalue weighted by Crippen LogP contribution is 2.16. The van der Waals surface area contributed by atoms with Crippen molar-refractivity contribution in [1.82, 2.24) is 9.21 Å². The van der Waals surface area contributed by atoms with E-state index in [2.05, 4.69) is 5.32 Å². The fraction of sp³-hybridized carbons (Fsp3) is 0.318. The Labute approximate surface area is 172 Å². The average molecular weight is 414 g/mol. The Bertz CT molecular complexity index is 980. The molecule has 0 aromatic heterocycles. The number of nitrogens with zero attached hydrogens (tertiary/aromatic N) is 2. The molecule has 29 heavy (non-hydrogen) atoms. The third-order valence-corrected chi connectivity index (χ3v) is 6.51. The summed E-state index contributed by atoms with van der Waals surface area (Å²) in [7, 11) is -3.47. The van der Waals surface area contributed by atoms with Crippen molar-refractivity contribution in [3.05, 3.63) is 70.6 Å². The van der Waals surface area contributed by atoms with E-state index < -0.39 is 10.0 Å². The number of hydrogen-bond donors (Lipinski definition) is 1. The van der Waals surface area contributed by atoms with E-state index in [1.165, 1.54) is 9.71 Å². The Morgan fingerprint density at radius 2 is 1.72 bits per heavy atom. The lowest BCUT2D eigenvalue weighted by Crippen LogP contribution is -2.49. The van der Waals surface area contributed by atoms with Crippen molar-refractivity contribution in [2.45, 2.75) is 13.8 Å². The molecule has 1 fully saturated rings. The maximum absolute atomic E-state index is 12.5. The van der Waals surface area contributed by atoms with Crippen LogP contribution in [0, 0.1) is 13.8 Å². The van der Waals surface area contributed by atoms with E-state index in [1.807, 2.05) is 67.3 Å². The lowest BCUT2D eigenvalue weighted by Gasteiger charge is -2.32. The van der Waals surface area contributed by atoms with Crippen molar-refractivity contribution < 1.29 is 13.2 Å². The summed E-state index contributed by atoms with van der Waals surface area (Å²) < 4.78 is 26.5. The fourth-order valence-electron chi connectivity index (χ4n) is 3.30. The standard InChI is InChI=1S/C22H27N3O3S/c1-18-8-9-21(19(2)16-18)23-22(26)17-24-11-13-25(14-12-24)29(27,28)15-10-20-6-4-3-5-7-20/h3-10,15-16H,11-14,17H2,1-2H3,(H,23,26)/b15-10-. The van der Waals surface area contributed by atoms with E-state index in [0.29, 0.717) is 26.2 Å². The van der Waals surface area contributed by atoms with Crippen LogP contribution in [0.2, 0.25) is 0 Å². The van der Waals surface area contributed by atoms with Crippen molar-refractivity contribution in [3.8, 4) is 0 Å². The zero-order valence-corrected chi connectivity index (χ0v) is 17.7. The molecule has 0 radical (unpaired) electrons. The van der Waals surface area contributed by atoms with Gasteiger partial charge in [0.1, 0.15) is 0 Å². The molecule has 0 saturated carbocycles. The van der Waals surface area contributed by atoms with E-state index in [9.17, 15) is 13.2 Å². The Hall–Kier alpha value is -2.48. The molecule has 0 aliphatic carbocycles. The number of sulfonamides is 1. The van der Waals surface area contributed by atoms with Crippen LogP contribution in [0.25, 0.3) is 6.08 Å². The number of carbonyl (C=O) groups excluding carboxylic acids is 1. The van der Waals surface area contributed by atoms with Gasteiger partial charge in [-0.1, -0.05) is 48.0 Å². The molecule has 0 unspecified atom stereocenters. The molecule has 1 aliphatic heterocycles. The number of carbonyl (C=O) groups is 1. The Kier molecular flexibility index (Phi) is 6.84. The molecule has 6 nitrogen and oxygen atoms in total. The van der Waals surface area contributed by atoms with E-state index in [4.69, 9.17) is 0 Å². The minimum Gasteiger partial charge on any atom is -0.325 e. The van der Waals surface area contributed by atoms with Crippen LogP contribution >= 0.6 is 0 Å². The average Bonchev–Trinajstić information content (AvgIpc) is 2.70. The Morgan fingerprint density at radius 1 is 1.03 bits per heavy atom. The predicted octanol–water partition coefficient (Wildman–Crippen LogP) is 2.86. The number of rotatable bonds is 6. The second-order valence-corrected chi connectivity index (χ2v) is 9.12. The van der Waals surface area contributed by atoms with Crippen LogP contribution < -0.4 is 5.32 Å². The number of amides is 1. The molecule has 1 N–H and O–H groups in total. The molecule has 2 aromatic carbocycles. The number of nitrogens with one attached hydrogen (secondary N) is 1. The molecule has 7 heteroatoms. The molecular formula is C22H27N3O3S. The van der Waals surface area contributed by atoms with Gasteiger partial charge in [0.15, 0.2) is 0 Å². The Morgan fingerprint density at radius 3 is 2.38 bits per heavy atom. The lowest BCUT2D eigenvalue weighted by atomic mass is 10.1. The maximum Gasteiger partial charge on any atom is 0.238 e. The number of anilines is 1. The van der Waals surface area contributed by atoms with Gasteiger partial charge in [-0.15, -0.1) is 0 Å². The number of benzene rings is 2. The largest absolute Gasteiger partial charge is 0.325 e. The van der Waals surface area contributed by atoms with Crippen molar-refractivity contribution in [3.63, 3.8) is 0 Å². The van der Waals surface area contributed by atoms with Gasteiger partial charge in [0.2, 0.25) is 15.9 Å². The van der Waals surface area contributed by atoms with Crippen molar-refractivity contribution in [1.29, 1.82) is 0 Å². The molecule has 0 bridgehead atoms. The van der Waals surface area contributed by atoms with Crippen LogP contribution in [0.4, 0.5) is 5.69 Å². The number of hydrogen-bond acceptors (Lipinski definition) is 4. The van der Waals surface area contributed by atoms with Gasteiger partial charge in [-0.3, -0.25) is 9.69 Å². The SMILES string of the molecule is Cc1ccc(NC(=O)CN2CCN(S(=O)(=O)/C=C\c3ccccc3)CC2)c(C)c1. The molecule has 1 aliphatic rings. The minimum atomic E-state index is -3.47. The van der Waals surface area contributed by atoms with Crippen LogP contribution in [0.1, 0.15) is 16.7 Å². The normalized spacial score (nSPS) is 16.2. The van der Waals surface area contributed by atoms with Crippen molar-refractivity contribution in [2.75, 3.05) is 38.0 Å². The number of aryl methyl sites for hydroxylation is 2. The van der Waals surface area contributed by atoms with Gasteiger partial charge in [-0.05, 0) is 37.1 Å². The molecule has 3 rings (SSSR count). The van der Waals surface area contributed by atoms with Crippen molar-refractivity contribution >= 4 is 27.7 Å². The molecule has 154 valence electrons. The molecule has 0 atom stereocenters. The van der Waals surface area contributed by atoms with Gasteiger partial charge < -0.3 is 5.32 Å². The first kappa shape index (κ1) is 21.2. The summed E-state index contributed by atoms with van der Waals surface area (Å²) in [4.78, 5) is 14.3. The highest BCUT2D eigenvalue weighted by atomic mass is 32.2. The highest BCUT2D eigenvalue weighted by Gasteiger charge is 2.26. The van der Waals surface area contributed by atoms with Crippen LogP contribution in [-0.2, 0) is 14.8 Å². The first-order chi connectivity index (χ1) is 13.8. The fourth-order valence-corrected chi connectivity index (χ4v) is 4.48. The lowest BCUT2D eigenvalue weighted by molar-refractivity contribution is -0.117. The van der Waals surface area contributed by atoms with E-state index in [1.54, 1.807) is 6.08 Å². The topological polar surface area (TPSA) is 69.7 Å². The van der Waals surface area contributed by atoms with Gasteiger partial charge in [-0.25, -0.2) is 8.42 Å². The zero-order valence-electron chi connectivity index (χ0n) is 16.8. The summed E-state index contributed by atoms with van der Waals surface area (Å²) in [6, 6.07) is 15.3. The van der Waals surface area contributed by atoms with Gasteiger partial charge in [0, 0.05) is 37.3 Å². The summed E-state index contributed by atoms with van der Waals surface area (Å²) in [5.41, 5.74) is 3.84. The first-order valence-electron chi connectivity index (χ1n) is 9.66. The van der Waals surface area contributed by atoms with E-state index >= 15 is 0 Å². The zero-order chi connectivity index (χ0) is 20.9. The van der Waals surface area contributed by atoms with Crippen LogP contribution in [0.15, 0.2) is 53.9 Å².